The molecule has 0 aliphatic heterocycles. The lowest BCUT2D eigenvalue weighted by Crippen LogP contribution is -2.14. The van der Waals surface area contributed by atoms with Crippen LogP contribution >= 0.6 is 11.3 Å². The first-order valence-corrected chi connectivity index (χ1v) is 5.31. The van der Waals surface area contributed by atoms with E-state index in [0.717, 1.165) is 10.2 Å². The number of nitrogens with zero attached hydrogens (tertiary/aromatic N) is 1. The largest absolute Gasteiger partial charge is 0.481 e. The van der Waals surface area contributed by atoms with Crippen LogP contribution in [0, 0.1) is 0 Å². The highest BCUT2D eigenvalue weighted by Gasteiger charge is 2.14. The maximum atomic E-state index is 10.5. The van der Waals surface area contributed by atoms with Crippen LogP contribution in [0.3, 0.4) is 0 Å². The van der Waals surface area contributed by atoms with Crippen LogP contribution < -0.4 is 5.73 Å². The van der Waals surface area contributed by atoms with Gasteiger partial charge in [-0.05, 0) is 12.1 Å². The van der Waals surface area contributed by atoms with Gasteiger partial charge in [-0.15, -0.1) is 11.3 Å². The van der Waals surface area contributed by atoms with Crippen molar-refractivity contribution < 1.29 is 9.90 Å². The number of para-hydroxylation sites is 1. The third kappa shape index (κ3) is 2.14. The Morgan fingerprint density at radius 2 is 2.27 bits per heavy atom. The van der Waals surface area contributed by atoms with Crippen molar-refractivity contribution in [2.24, 2.45) is 5.73 Å². The summed E-state index contributed by atoms with van der Waals surface area (Å²) in [4.78, 5) is 14.8. The van der Waals surface area contributed by atoms with Gasteiger partial charge in [-0.3, -0.25) is 4.79 Å². The summed E-state index contributed by atoms with van der Waals surface area (Å²) in [5, 5.41) is 9.30. The number of hydrogen-bond donors (Lipinski definition) is 2. The van der Waals surface area contributed by atoms with Gasteiger partial charge >= 0.3 is 5.97 Å². The first kappa shape index (κ1) is 10.1. The van der Waals surface area contributed by atoms with E-state index < -0.39 is 12.0 Å². The predicted molar refractivity (Wildman–Crippen MR) is 58.8 cm³/mol. The van der Waals surface area contributed by atoms with Crippen molar-refractivity contribution in [3.8, 4) is 0 Å². The standard InChI is InChI=1S/C10H10N2O2S/c11-6(5-9(13)14)10-12-7-3-1-2-4-8(7)15-10/h1-4,6H,5,11H2,(H,13,14). The van der Waals surface area contributed by atoms with Crippen LogP contribution in [0.5, 0.6) is 0 Å². The molecular weight excluding hydrogens is 212 g/mol. The number of aromatic nitrogens is 1. The fourth-order valence-corrected chi connectivity index (χ4v) is 2.29. The molecule has 1 aromatic heterocycles. The number of benzene rings is 1. The minimum absolute atomic E-state index is 0.0835. The van der Waals surface area contributed by atoms with Crippen LogP contribution in [-0.2, 0) is 4.79 Å². The zero-order valence-corrected chi connectivity index (χ0v) is 8.70. The molecule has 0 fully saturated rings. The Labute approximate surface area is 90.4 Å². The average molecular weight is 222 g/mol. The number of nitrogens with two attached hydrogens (primary N) is 1. The Morgan fingerprint density at radius 1 is 1.53 bits per heavy atom. The molecule has 0 aliphatic rings. The molecule has 2 rings (SSSR count). The lowest BCUT2D eigenvalue weighted by molar-refractivity contribution is -0.137. The molecule has 0 saturated heterocycles. The summed E-state index contributed by atoms with van der Waals surface area (Å²) in [5.41, 5.74) is 6.60. The van der Waals surface area contributed by atoms with E-state index >= 15 is 0 Å². The summed E-state index contributed by atoms with van der Waals surface area (Å²) in [7, 11) is 0. The van der Waals surface area contributed by atoms with Crippen molar-refractivity contribution in [3.63, 3.8) is 0 Å². The lowest BCUT2D eigenvalue weighted by Gasteiger charge is -2.02. The number of fused-ring (bicyclic) bond motifs is 1. The molecule has 1 heterocycles. The van der Waals surface area contributed by atoms with Gasteiger partial charge in [0.25, 0.3) is 0 Å². The highest BCUT2D eigenvalue weighted by atomic mass is 32.1. The van der Waals surface area contributed by atoms with Gasteiger partial charge in [0.05, 0.1) is 22.7 Å². The van der Waals surface area contributed by atoms with Crippen molar-refractivity contribution in [1.29, 1.82) is 0 Å². The number of aliphatic carboxylic acids is 1. The van der Waals surface area contributed by atoms with Crippen LogP contribution in [0.25, 0.3) is 10.2 Å². The van der Waals surface area contributed by atoms with E-state index in [-0.39, 0.29) is 6.42 Å². The quantitative estimate of drug-likeness (QED) is 0.829. The van der Waals surface area contributed by atoms with Crippen LogP contribution in [-0.4, -0.2) is 16.1 Å². The maximum absolute atomic E-state index is 10.5. The van der Waals surface area contributed by atoms with Gasteiger partial charge in [0, 0.05) is 0 Å². The van der Waals surface area contributed by atoms with Gasteiger partial charge in [0.15, 0.2) is 0 Å². The number of carboxylic acid groups (broad SMARTS) is 1. The minimum atomic E-state index is -0.901. The normalized spacial score (nSPS) is 12.9. The van der Waals surface area contributed by atoms with E-state index in [4.69, 9.17) is 10.8 Å². The number of hydrogen-bond acceptors (Lipinski definition) is 4. The van der Waals surface area contributed by atoms with E-state index in [2.05, 4.69) is 4.98 Å². The van der Waals surface area contributed by atoms with E-state index in [1.165, 1.54) is 11.3 Å². The highest BCUT2D eigenvalue weighted by Crippen LogP contribution is 2.26. The Bertz CT molecular complexity index is 462. The molecule has 4 nitrogen and oxygen atoms in total. The second-order valence-corrected chi connectivity index (χ2v) is 4.29. The monoisotopic (exact) mass is 222 g/mol. The van der Waals surface area contributed by atoms with Gasteiger partial charge < -0.3 is 10.8 Å². The van der Waals surface area contributed by atoms with Crippen LogP contribution in [0.1, 0.15) is 17.5 Å². The summed E-state index contributed by atoms with van der Waals surface area (Å²) in [6.07, 6.45) is -0.0835. The topological polar surface area (TPSA) is 76.2 Å². The number of carbonyl (C=O) groups is 1. The average Bonchev–Trinajstić information content (AvgIpc) is 2.59. The Hall–Kier alpha value is -1.46. The van der Waals surface area contributed by atoms with Gasteiger partial charge in [-0.1, -0.05) is 12.1 Å². The molecule has 15 heavy (non-hydrogen) atoms. The van der Waals surface area contributed by atoms with Crippen LogP contribution in [0.4, 0.5) is 0 Å². The van der Waals surface area contributed by atoms with Gasteiger partial charge in [0.1, 0.15) is 5.01 Å². The van der Waals surface area contributed by atoms with Crippen molar-refractivity contribution in [2.75, 3.05) is 0 Å². The molecule has 3 N–H and O–H groups in total. The third-order valence-electron chi connectivity index (χ3n) is 2.02. The molecule has 1 atom stereocenters. The Morgan fingerprint density at radius 3 is 2.93 bits per heavy atom. The molecule has 0 aliphatic carbocycles. The maximum Gasteiger partial charge on any atom is 0.305 e. The molecule has 0 amide bonds. The molecule has 78 valence electrons. The first-order chi connectivity index (χ1) is 7.16. The zero-order valence-electron chi connectivity index (χ0n) is 7.88. The molecule has 1 aromatic carbocycles. The van der Waals surface area contributed by atoms with Gasteiger partial charge in [-0.2, -0.15) is 0 Å². The summed E-state index contributed by atoms with van der Waals surface area (Å²) in [6.45, 7) is 0. The van der Waals surface area contributed by atoms with Crippen molar-refractivity contribution in [2.45, 2.75) is 12.5 Å². The molecule has 1 unspecified atom stereocenters. The summed E-state index contributed by atoms with van der Waals surface area (Å²) < 4.78 is 1.04. The fraction of sp³-hybridized carbons (Fsp3) is 0.200. The first-order valence-electron chi connectivity index (χ1n) is 4.49. The summed E-state index contributed by atoms with van der Waals surface area (Å²) >= 11 is 1.45. The number of thiazole rings is 1. The van der Waals surface area contributed by atoms with E-state index in [0.29, 0.717) is 5.01 Å². The second kappa shape index (κ2) is 3.96. The van der Waals surface area contributed by atoms with Crippen molar-refractivity contribution in [3.05, 3.63) is 29.3 Å². The SMILES string of the molecule is NC(CC(=O)O)c1nc2ccccc2s1. The number of rotatable bonds is 3. The summed E-state index contributed by atoms with van der Waals surface area (Å²) in [5.74, 6) is -0.901. The second-order valence-electron chi connectivity index (χ2n) is 3.22. The molecule has 0 bridgehead atoms. The lowest BCUT2D eigenvalue weighted by atomic mass is 10.2. The smallest absolute Gasteiger partial charge is 0.305 e. The minimum Gasteiger partial charge on any atom is -0.481 e. The molecule has 0 radical (unpaired) electrons. The van der Waals surface area contributed by atoms with Crippen LogP contribution in [0.15, 0.2) is 24.3 Å². The number of carboxylic acids is 1. The van der Waals surface area contributed by atoms with Crippen LogP contribution in [0.2, 0.25) is 0 Å². The van der Waals surface area contributed by atoms with E-state index in [9.17, 15) is 4.79 Å². The van der Waals surface area contributed by atoms with Crippen molar-refractivity contribution >= 4 is 27.5 Å². The zero-order chi connectivity index (χ0) is 10.8. The van der Waals surface area contributed by atoms with Gasteiger partial charge in [-0.25, -0.2) is 4.98 Å². The Balaban J connectivity index is 2.32. The van der Waals surface area contributed by atoms with Crippen molar-refractivity contribution in [1.82, 2.24) is 4.98 Å². The molecular formula is C10H10N2O2S. The Kier molecular flexibility index (Phi) is 2.66. The van der Waals surface area contributed by atoms with E-state index in [1.807, 2.05) is 24.3 Å². The molecule has 5 heteroatoms. The fourth-order valence-electron chi connectivity index (χ4n) is 1.32. The summed E-state index contributed by atoms with van der Waals surface area (Å²) in [6, 6.07) is 7.15. The van der Waals surface area contributed by atoms with E-state index in [1.54, 1.807) is 0 Å². The molecule has 0 spiro atoms. The predicted octanol–water partition coefficient (Wildman–Crippen LogP) is 1.77. The molecule has 0 saturated carbocycles. The third-order valence-corrected chi connectivity index (χ3v) is 3.19. The van der Waals surface area contributed by atoms with Gasteiger partial charge in [0.2, 0.25) is 0 Å². The highest BCUT2D eigenvalue weighted by molar-refractivity contribution is 7.18. The molecule has 2 aromatic rings.